The van der Waals surface area contributed by atoms with Gasteiger partial charge in [0, 0.05) is 6.04 Å². The second-order valence-corrected chi connectivity index (χ2v) is 6.37. The van der Waals surface area contributed by atoms with Crippen LogP contribution in [0.25, 0.3) is 0 Å². The molecule has 1 saturated carbocycles. The average Bonchev–Trinajstić information content (AvgIpc) is 2.65. The van der Waals surface area contributed by atoms with Crippen LogP contribution in [0.1, 0.15) is 59.8 Å². The molecule has 3 unspecified atom stereocenters. The molecule has 3 heteroatoms. The Morgan fingerprint density at radius 3 is 2.44 bits per heavy atom. The van der Waals surface area contributed by atoms with Crippen LogP contribution >= 0.6 is 0 Å². The van der Waals surface area contributed by atoms with Gasteiger partial charge in [-0.05, 0) is 44.4 Å². The molecule has 2 fully saturated rings. The molecule has 2 aliphatic rings. The van der Waals surface area contributed by atoms with E-state index in [4.69, 9.17) is 0 Å². The van der Waals surface area contributed by atoms with Crippen LogP contribution in [0, 0.1) is 11.8 Å². The lowest BCUT2D eigenvalue weighted by atomic mass is 9.86. The largest absolute Gasteiger partial charge is 0.323 e. The van der Waals surface area contributed by atoms with Crippen molar-refractivity contribution in [2.45, 2.75) is 78.0 Å². The van der Waals surface area contributed by atoms with Gasteiger partial charge in [0.1, 0.15) is 0 Å². The zero-order chi connectivity index (χ0) is 13.3. The fourth-order valence-corrected chi connectivity index (χ4v) is 3.42. The number of hydrogen-bond donors (Lipinski definition) is 1. The average molecular weight is 252 g/mol. The van der Waals surface area contributed by atoms with Gasteiger partial charge in [-0.1, -0.05) is 27.2 Å². The maximum Gasteiger partial charge on any atom is 0.241 e. The molecule has 2 rings (SSSR count). The Bertz CT molecular complexity index is 297. The monoisotopic (exact) mass is 252 g/mol. The summed E-state index contributed by atoms with van der Waals surface area (Å²) in [6, 6.07) is 0.523. The lowest BCUT2D eigenvalue weighted by Crippen LogP contribution is -2.44. The van der Waals surface area contributed by atoms with E-state index in [0.717, 1.165) is 12.3 Å². The molecule has 0 aromatic carbocycles. The summed E-state index contributed by atoms with van der Waals surface area (Å²) in [5, 5.41) is 3.49. The van der Waals surface area contributed by atoms with Crippen molar-refractivity contribution in [1.82, 2.24) is 10.2 Å². The molecule has 1 aliphatic carbocycles. The van der Waals surface area contributed by atoms with E-state index in [1.165, 1.54) is 25.7 Å². The zero-order valence-corrected chi connectivity index (χ0v) is 12.3. The van der Waals surface area contributed by atoms with Crippen LogP contribution in [0.5, 0.6) is 0 Å². The minimum atomic E-state index is 0.0457. The highest BCUT2D eigenvalue weighted by Crippen LogP contribution is 2.31. The van der Waals surface area contributed by atoms with E-state index < -0.39 is 0 Å². The van der Waals surface area contributed by atoms with Gasteiger partial charge in [-0.2, -0.15) is 0 Å². The minimum absolute atomic E-state index is 0.0457. The highest BCUT2D eigenvalue weighted by Gasteiger charge is 2.42. The highest BCUT2D eigenvalue weighted by molar-refractivity contribution is 5.84. The van der Waals surface area contributed by atoms with Crippen molar-refractivity contribution in [3.05, 3.63) is 0 Å². The minimum Gasteiger partial charge on any atom is -0.323 e. The molecule has 1 N–H and O–H groups in total. The van der Waals surface area contributed by atoms with Gasteiger partial charge in [-0.25, -0.2) is 0 Å². The van der Waals surface area contributed by atoms with Crippen LogP contribution in [0.4, 0.5) is 0 Å². The highest BCUT2D eigenvalue weighted by atomic mass is 16.2. The standard InChI is InChI=1S/C15H28N2O/c1-5-11(3)14-15(18)17(12(4)16-14)13-8-6-10(2)7-9-13/h10-14,16H,5-9H2,1-4H3. The fraction of sp³-hybridized carbons (Fsp3) is 0.933. The molecule has 0 radical (unpaired) electrons. The first-order valence-electron chi connectivity index (χ1n) is 7.62. The Kier molecular flexibility index (Phi) is 4.31. The molecular formula is C15H28N2O. The van der Waals surface area contributed by atoms with Crippen molar-refractivity contribution >= 4 is 5.91 Å². The maximum atomic E-state index is 12.6. The molecule has 3 nitrogen and oxygen atoms in total. The first-order valence-corrected chi connectivity index (χ1v) is 7.62. The van der Waals surface area contributed by atoms with Crippen LogP contribution in [0.3, 0.4) is 0 Å². The summed E-state index contributed by atoms with van der Waals surface area (Å²) in [7, 11) is 0. The summed E-state index contributed by atoms with van der Waals surface area (Å²) in [6.45, 7) is 8.80. The number of amides is 1. The smallest absolute Gasteiger partial charge is 0.241 e. The predicted molar refractivity (Wildman–Crippen MR) is 74.1 cm³/mol. The molecule has 1 saturated heterocycles. The van der Waals surface area contributed by atoms with Crippen molar-refractivity contribution in [2.75, 3.05) is 0 Å². The first-order chi connectivity index (χ1) is 8.54. The van der Waals surface area contributed by atoms with Gasteiger partial charge in [0.05, 0.1) is 12.2 Å². The topological polar surface area (TPSA) is 32.3 Å². The molecule has 0 bridgehead atoms. The van der Waals surface area contributed by atoms with Crippen LogP contribution in [-0.4, -0.2) is 29.1 Å². The number of hydrogen-bond acceptors (Lipinski definition) is 2. The first kappa shape index (κ1) is 13.9. The van der Waals surface area contributed by atoms with Gasteiger partial charge in [-0.3, -0.25) is 10.1 Å². The Balaban J connectivity index is 2.02. The van der Waals surface area contributed by atoms with Crippen LogP contribution < -0.4 is 5.32 Å². The van der Waals surface area contributed by atoms with Crippen molar-refractivity contribution in [1.29, 1.82) is 0 Å². The number of rotatable bonds is 3. The molecule has 104 valence electrons. The molecule has 1 amide bonds. The van der Waals surface area contributed by atoms with Crippen molar-refractivity contribution < 1.29 is 4.79 Å². The molecule has 18 heavy (non-hydrogen) atoms. The summed E-state index contributed by atoms with van der Waals surface area (Å²) in [5.74, 6) is 1.62. The van der Waals surface area contributed by atoms with Crippen LogP contribution in [0.15, 0.2) is 0 Å². The van der Waals surface area contributed by atoms with E-state index in [-0.39, 0.29) is 12.2 Å². The summed E-state index contributed by atoms with van der Waals surface area (Å²) in [4.78, 5) is 14.7. The van der Waals surface area contributed by atoms with Crippen LogP contribution in [-0.2, 0) is 4.79 Å². The van der Waals surface area contributed by atoms with E-state index in [1.807, 2.05) is 0 Å². The third-order valence-corrected chi connectivity index (χ3v) is 4.95. The molecule has 0 aromatic rings. The van der Waals surface area contributed by atoms with E-state index >= 15 is 0 Å². The molecular weight excluding hydrogens is 224 g/mol. The number of nitrogens with one attached hydrogen (secondary N) is 1. The number of nitrogens with zero attached hydrogens (tertiary/aromatic N) is 1. The summed E-state index contributed by atoms with van der Waals surface area (Å²) in [6.07, 6.45) is 6.20. The van der Waals surface area contributed by atoms with Crippen molar-refractivity contribution in [3.63, 3.8) is 0 Å². The predicted octanol–water partition coefficient (Wildman–Crippen LogP) is 2.76. The van der Waals surface area contributed by atoms with E-state index in [2.05, 4.69) is 37.9 Å². The summed E-state index contributed by atoms with van der Waals surface area (Å²) in [5.41, 5.74) is 0. The Morgan fingerprint density at radius 2 is 1.89 bits per heavy atom. The third kappa shape index (κ3) is 2.56. The molecule has 3 atom stereocenters. The number of carbonyl (C=O) groups excluding carboxylic acids is 1. The molecule has 1 aliphatic heterocycles. The van der Waals surface area contributed by atoms with Gasteiger partial charge in [0.25, 0.3) is 0 Å². The third-order valence-electron chi connectivity index (χ3n) is 4.95. The SMILES string of the molecule is CCC(C)C1NC(C)N(C2CCC(C)CC2)C1=O. The lowest BCUT2D eigenvalue weighted by Gasteiger charge is -2.35. The second kappa shape index (κ2) is 5.60. The second-order valence-electron chi connectivity index (χ2n) is 6.37. The quantitative estimate of drug-likeness (QED) is 0.837. The van der Waals surface area contributed by atoms with E-state index in [1.54, 1.807) is 0 Å². The molecule has 0 spiro atoms. The van der Waals surface area contributed by atoms with Crippen LogP contribution in [0.2, 0.25) is 0 Å². The number of carbonyl (C=O) groups is 1. The Morgan fingerprint density at radius 1 is 1.28 bits per heavy atom. The molecule has 1 heterocycles. The van der Waals surface area contributed by atoms with E-state index in [0.29, 0.717) is 17.9 Å². The van der Waals surface area contributed by atoms with Gasteiger partial charge in [0.2, 0.25) is 5.91 Å². The van der Waals surface area contributed by atoms with Gasteiger partial charge >= 0.3 is 0 Å². The van der Waals surface area contributed by atoms with Gasteiger partial charge in [-0.15, -0.1) is 0 Å². The Hall–Kier alpha value is -0.570. The maximum absolute atomic E-state index is 12.6. The molecule has 0 aromatic heterocycles. The summed E-state index contributed by atoms with van der Waals surface area (Å²) >= 11 is 0. The zero-order valence-electron chi connectivity index (χ0n) is 12.3. The van der Waals surface area contributed by atoms with Gasteiger partial charge < -0.3 is 4.90 Å². The lowest BCUT2D eigenvalue weighted by molar-refractivity contribution is -0.133. The van der Waals surface area contributed by atoms with Crippen molar-refractivity contribution in [3.8, 4) is 0 Å². The van der Waals surface area contributed by atoms with Crippen molar-refractivity contribution in [2.24, 2.45) is 11.8 Å². The van der Waals surface area contributed by atoms with Gasteiger partial charge in [0.15, 0.2) is 0 Å². The summed E-state index contributed by atoms with van der Waals surface area (Å²) < 4.78 is 0. The Labute approximate surface area is 111 Å². The van der Waals surface area contributed by atoms with E-state index in [9.17, 15) is 4.79 Å². The normalized spacial score (nSPS) is 39.1. The fourth-order valence-electron chi connectivity index (χ4n) is 3.42.